The van der Waals surface area contributed by atoms with Crippen LogP contribution in [0.5, 0.6) is 0 Å². The Morgan fingerprint density at radius 1 is 1.00 bits per heavy atom. The van der Waals surface area contributed by atoms with Gasteiger partial charge >= 0.3 is 0 Å². The molecule has 1 saturated carbocycles. The molecule has 2 N–H and O–H groups in total. The summed E-state index contributed by atoms with van der Waals surface area (Å²) in [6.07, 6.45) is 13.3. The predicted octanol–water partition coefficient (Wildman–Crippen LogP) is 4.55. The van der Waals surface area contributed by atoms with Crippen molar-refractivity contribution in [2.24, 2.45) is 5.73 Å². The van der Waals surface area contributed by atoms with E-state index < -0.39 is 0 Å². The van der Waals surface area contributed by atoms with Crippen LogP contribution < -0.4 is 5.73 Å². The second kappa shape index (κ2) is 9.00. The molecule has 114 valence electrons. The van der Waals surface area contributed by atoms with Gasteiger partial charge in [-0.05, 0) is 31.3 Å². The van der Waals surface area contributed by atoms with E-state index in [4.69, 9.17) is 5.73 Å². The zero-order chi connectivity index (χ0) is 14.2. The average Bonchev–Trinajstić information content (AvgIpc) is 2.83. The number of aryl methyl sites for hydroxylation is 1. The molecule has 2 atom stereocenters. The lowest BCUT2D eigenvalue weighted by molar-refractivity contribution is 0.473. The van der Waals surface area contributed by atoms with Crippen molar-refractivity contribution in [3.8, 4) is 0 Å². The third-order valence-electron chi connectivity index (χ3n) is 4.01. The highest BCUT2D eigenvalue weighted by atomic mass is 32.2. The first-order valence-corrected chi connectivity index (χ1v) is 9.63. The monoisotopic (exact) mass is 313 g/mol. The molecule has 1 heterocycles. The fraction of sp³-hybridized carbons (Fsp3) is 0.867. The summed E-state index contributed by atoms with van der Waals surface area (Å²) < 4.78 is 5.37. The van der Waals surface area contributed by atoms with E-state index >= 15 is 0 Å². The Kier molecular flexibility index (Phi) is 7.31. The zero-order valence-electron chi connectivity index (χ0n) is 12.5. The summed E-state index contributed by atoms with van der Waals surface area (Å²) in [4.78, 5) is 4.48. The molecule has 1 fully saturated rings. The fourth-order valence-corrected chi connectivity index (χ4v) is 4.91. The van der Waals surface area contributed by atoms with E-state index in [2.05, 4.69) is 9.36 Å². The molecular weight excluding hydrogens is 286 g/mol. The summed E-state index contributed by atoms with van der Waals surface area (Å²) >= 11 is 3.38. The maximum absolute atomic E-state index is 6.45. The van der Waals surface area contributed by atoms with Crippen molar-refractivity contribution in [2.75, 3.05) is 0 Å². The van der Waals surface area contributed by atoms with Gasteiger partial charge in [0.25, 0.3) is 0 Å². The van der Waals surface area contributed by atoms with Crippen molar-refractivity contribution in [1.82, 2.24) is 9.36 Å². The zero-order valence-corrected chi connectivity index (χ0v) is 14.1. The van der Waals surface area contributed by atoms with Crippen LogP contribution in [0, 0.1) is 6.92 Å². The minimum absolute atomic E-state index is 0.309. The van der Waals surface area contributed by atoms with Crippen LogP contribution in [0.1, 0.15) is 70.0 Å². The van der Waals surface area contributed by atoms with Gasteiger partial charge in [0.1, 0.15) is 5.82 Å². The van der Waals surface area contributed by atoms with Crippen LogP contribution in [0.25, 0.3) is 0 Å². The van der Waals surface area contributed by atoms with Crippen molar-refractivity contribution in [3.63, 3.8) is 0 Å². The molecule has 5 heteroatoms. The first kappa shape index (κ1) is 16.2. The molecule has 0 amide bonds. The number of rotatable bonds is 2. The van der Waals surface area contributed by atoms with Crippen LogP contribution >= 0.6 is 23.3 Å². The summed E-state index contributed by atoms with van der Waals surface area (Å²) in [5.41, 5.74) is 6.45. The predicted molar refractivity (Wildman–Crippen MR) is 88.4 cm³/mol. The smallest absolute Gasteiger partial charge is 0.170 e. The molecule has 0 bridgehead atoms. The molecule has 1 aromatic rings. The molecule has 0 spiro atoms. The Balaban J connectivity index is 1.90. The quantitative estimate of drug-likeness (QED) is 0.870. The molecule has 2 rings (SSSR count). The maximum Gasteiger partial charge on any atom is 0.170 e. The van der Waals surface area contributed by atoms with E-state index in [-0.39, 0.29) is 0 Å². The lowest BCUT2D eigenvalue weighted by atomic mass is 9.98. The molecule has 0 saturated heterocycles. The van der Waals surface area contributed by atoms with E-state index in [9.17, 15) is 0 Å². The van der Waals surface area contributed by atoms with E-state index in [0.717, 1.165) is 16.6 Å². The van der Waals surface area contributed by atoms with Gasteiger partial charge in [-0.1, -0.05) is 63.1 Å². The molecule has 1 aliphatic carbocycles. The maximum atomic E-state index is 6.45. The third-order valence-corrected chi connectivity index (χ3v) is 6.31. The summed E-state index contributed by atoms with van der Waals surface area (Å²) in [6.45, 7) is 1.96. The van der Waals surface area contributed by atoms with Gasteiger partial charge in [0.2, 0.25) is 0 Å². The molecular formula is C15H27N3S2. The van der Waals surface area contributed by atoms with E-state index in [1.54, 1.807) is 0 Å². The highest BCUT2D eigenvalue weighted by Gasteiger charge is 2.20. The first-order chi connectivity index (χ1) is 9.75. The highest BCUT2D eigenvalue weighted by molar-refractivity contribution is 8.01. The Hall–Kier alpha value is -0.130. The summed E-state index contributed by atoms with van der Waals surface area (Å²) in [5.74, 6) is 0.888. The van der Waals surface area contributed by atoms with Crippen LogP contribution in [0.15, 0.2) is 4.34 Å². The van der Waals surface area contributed by atoms with Gasteiger partial charge in [-0.3, -0.25) is 0 Å². The van der Waals surface area contributed by atoms with Crippen LogP contribution in [0.3, 0.4) is 0 Å². The van der Waals surface area contributed by atoms with Gasteiger partial charge < -0.3 is 5.73 Å². The van der Waals surface area contributed by atoms with Gasteiger partial charge in [-0.15, -0.1) is 0 Å². The lowest BCUT2D eigenvalue weighted by Crippen LogP contribution is -2.32. The van der Waals surface area contributed by atoms with Gasteiger partial charge in [0.15, 0.2) is 4.34 Å². The molecule has 1 aliphatic rings. The normalized spacial score (nSPS) is 26.7. The Bertz CT molecular complexity index is 381. The number of hydrogen-bond donors (Lipinski definition) is 1. The third kappa shape index (κ3) is 5.70. The Labute approximate surface area is 131 Å². The van der Waals surface area contributed by atoms with E-state index in [0.29, 0.717) is 11.3 Å². The summed E-state index contributed by atoms with van der Waals surface area (Å²) in [5, 5.41) is 0.516. The topological polar surface area (TPSA) is 51.8 Å². The van der Waals surface area contributed by atoms with E-state index in [1.807, 2.05) is 18.7 Å². The van der Waals surface area contributed by atoms with Gasteiger partial charge in [0, 0.05) is 11.3 Å². The van der Waals surface area contributed by atoms with Gasteiger partial charge in [-0.25, -0.2) is 4.98 Å². The minimum atomic E-state index is 0.309. The average molecular weight is 314 g/mol. The summed E-state index contributed by atoms with van der Waals surface area (Å²) in [7, 11) is 0. The molecule has 20 heavy (non-hydrogen) atoms. The minimum Gasteiger partial charge on any atom is -0.327 e. The number of thioether (sulfide) groups is 1. The van der Waals surface area contributed by atoms with Gasteiger partial charge in [-0.2, -0.15) is 4.37 Å². The molecule has 0 aliphatic heterocycles. The first-order valence-electron chi connectivity index (χ1n) is 7.98. The largest absolute Gasteiger partial charge is 0.327 e. The molecule has 3 nitrogen and oxygen atoms in total. The molecule has 0 radical (unpaired) electrons. The summed E-state index contributed by atoms with van der Waals surface area (Å²) in [6, 6.07) is 0.309. The van der Waals surface area contributed by atoms with E-state index in [1.165, 1.54) is 69.3 Å². The number of nitrogens with two attached hydrogens (primary N) is 1. The van der Waals surface area contributed by atoms with Crippen molar-refractivity contribution < 1.29 is 0 Å². The number of hydrogen-bond acceptors (Lipinski definition) is 5. The van der Waals surface area contributed by atoms with Crippen molar-refractivity contribution >= 4 is 23.3 Å². The second-order valence-electron chi connectivity index (χ2n) is 5.83. The highest BCUT2D eigenvalue weighted by Crippen LogP contribution is 2.31. The van der Waals surface area contributed by atoms with Crippen molar-refractivity contribution in [1.29, 1.82) is 0 Å². The van der Waals surface area contributed by atoms with Crippen LogP contribution in [0.4, 0.5) is 0 Å². The van der Waals surface area contributed by atoms with Crippen molar-refractivity contribution in [3.05, 3.63) is 5.82 Å². The Morgan fingerprint density at radius 3 is 2.20 bits per heavy atom. The SMILES string of the molecule is Cc1nsc(SC2CCCCCCCCCCC2N)n1. The van der Waals surface area contributed by atoms with Crippen LogP contribution in [-0.4, -0.2) is 20.6 Å². The number of aromatic nitrogens is 2. The van der Waals surface area contributed by atoms with Crippen LogP contribution in [0.2, 0.25) is 0 Å². The van der Waals surface area contributed by atoms with Crippen molar-refractivity contribution in [2.45, 2.75) is 86.8 Å². The Morgan fingerprint density at radius 2 is 1.60 bits per heavy atom. The van der Waals surface area contributed by atoms with Crippen LogP contribution in [-0.2, 0) is 0 Å². The molecule has 0 aromatic carbocycles. The number of nitrogens with zero attached hydrogens (tertiary/aromatic N) is 2. The lowest BCUT2D eigenvalue weighted by Gasteiger charge is -2.23. The molecule has 1 aromatic heterocycles. The fourth-order valence-electron chi connectivity index (χ4n) is 2.79. The van der Waals surface area contributed by atoms with Gasteiger partial charge in [0.05, 0.1) is 0 Å². The second-order valence-corrected chi connectivity index (χ2v) is 8.07. The molecule has 2 unspecified atom stereocenters. The standard InChI is InChI=1S/C15H27N3S2/c1-12-17-15(20-18-12)19-14-11-9-7-5-3-2-4-6-8-10-13(14)16/h13-14H,2-11,16H2,1H3.